The number of fused-ring (bicyclic) bond motifs is 3. The Labute approximate surface area is 402 Å². The molecule has 2 aromatic rings. The number of carbonyl (C=O) groups excluding carboxylic acids is 2. The zero-order valence-electron chi connectivity index (χ0n) is 42.3. The molecule has 0 fully saturated rings. The predicted octanol–water partition coefficient (Wildman–Crippen LogP) is 16.3. The van der Waals surface area contributed by atoms with E-state index in [1.54, 1.807) is 11.8 Å². The molecule has 0 spiro atoms. The van der Waals surface area contributed by atoms with Crippen molar-refractivity contribution >= 4 is 23.8 Å². The largest absolute Gasteiger partial charge is 0.458 e. The molecule has 1 aliphatic carbocycles. The minimum atomic E-state index is -0.863. The second-order valence-electron chi connectivity index (χ2n) is 19.9. The normalized spacial score (nSPS) is 13.4. The number of hydrogen-bond donors (Lipinski definition) is 1. The van der Waals surface area contributed by atoms with Crippen LogP contribution >= 0.6 is 11.8 Å². The summed E-state index contributed by atoms with van der Waals surface area (Å²) in [4.78, 5) is 26.8. The molecule has 0 bridgehead atoms. The standard InChI is InChI=1S/C57H95NO6S/c1-6-8-10-12-14-16-18-20-22-24-26-28-30-36-42-61-44-48(62-43-37-31-29-27-25-23-21-19-17-15-13-11-9-7-2)46-65-47-54(55(59)64-57(3,4)5)58-56(60)63-45-53-51-40-34-32-38-49(51)50-39-33-35-41-52(50)53/h32-35,38-41,48,53-54H,6-31,36-37,42-47H2,1-5H3,(H,58,60). The van der Waals surface area contributed by atoms with E-state index >= 15 is 0 Å². The van der Waals surface area contributed by atoms with Gasteiger partial charge in [0, 0.05) is 30.6 Å². The third-order valence-electron chi connectivity index (χ3n) is 12.7. The van der Waals surface area contributed by atoms with Crippen LogP contribution in [-0.4, -0.2) is 67.7 Å². The summed E-state index contributed by atoms with van der Waals surface area (Å²) in [5.41, 5.74) is 3.94. The van der Waals surface area contributed by atoms with Crippen molar-refractivity contribution in [2.24, 2.45) is 0 Å². The molecule has 0 saturated heterocycles. The molecule has 2 atom stereocenters. The summed E-state index contributed by atoms with van der Waals surface area (Å²) in [6, 6.07) is 15.7. The van der Waals surface area contributed by atoms with E-state index in [0.717, 1.165) is 30.6 Å². The van der Waals surface area contributed by atoms with Gasteiger partial charge in [0.2, 0.25) is 0 Å². The fourth-order valence-electron chi connectivity index (χ4n) is 8.95. The van der Waals surface area contributed by atoms with E-state index < -0.39 is 23.7 Å². The van der Waals surface area contributed by atoms with Crippen molar-refractivity contribution in [3.05, 3.63) is 59.7 Å². The molecule has 1 aliphatic rings. The summed E-state index contributed by atoms with van der Waals surface area (Å²) in [6.45, 7) is 12.3. The van der Waals surface area contributed by atoms with Gasteiger partial charge in [0.15, 0.2) is 0 Å². The highest BCUT2D eigenvalue weighted by Crippen LogP contribution is 2.44. The number of hydrogen-bond acceptors (Lipinski definition) is 7. The van der Waals surface area contributed by atoms with Crippen LogP contribution in [0.4, 0.5) is 4.79 Å². The van der Waals surface area contributed by atoms with Crippen molar-refractivity contribution in [1.29, 1.82) is 0 Å². The molecule has 3 rings (SSSR count). The van der Waals surface area contributed by atoms with Gasteiger partial charge in [-0.1, -0.05) is 229 Å². The van der Waals surface area contributed by atoms with Crippen LogP contribution in [0, 0.1) is 0 Å². The van der Waals surface area contributed by atoms with Crippen LogP contribution in [0.15, 0.2) is 48.5 Å². The Morgan fingerprint density at radius 3 is 1.43 bits per heavy atom. The minimum Gasteiger partial charge on any atom is -0.458 e. The lowest BCUT2D eigenvalue weighted by Gasteiger charge is -2.25. The first-order valence-electron chi connectivity index (χ1n) is 26.8. The summed E-state index contributed by atoms with van der Waals surface area (Å²) >= 11 is 1.59. The van der Waals surface area contributed by atoms with E-state index in [2.05, 4.69) is 43.4 Å². The Kier molecular flexibility index (Phi) is 31.9. The molecule has 370 valence electrons. The number of benzene rings is 2. The van der Waals surface area contributed by atoms with Gasteiger partial charge < -0.3 is 24.3 Å². The zero-order valence-corrected chi connectivity index (χ0v) is 43.1. The maximum absolute atomic E-state index is 13.5. The Morgan fingerprint density at radius 2 is 0.985 bits per heavy atom. The molecule has 0 aliphatic heterocycles. The van der Waals surface area contributed by atoms with E-state index in [1.165, 1.54) is 178 Å². The molecule has 65 heavy (non-hydrogen) atoms. The molecule has 0 aromatic heterocycles. The molecule has 7 nitrogen and oxygen atoms in total. The first kappa shape index (κ1) is 56.8. The highest BCUT2D eigenvalue weighted by Gasteiger charge is 2.31. The third-order valence-corrected chi connectivity index (χ3v) is 13.9. The highest BCUT2D eigenvalue weighted by atomic mass is 32.2. The van der Waals surface area contributed by atoms with Crippen molar-refractivity contribution in [3.8, 4) is 11.1 Å². The Balaban J connectivity index is 1.41. The summed E-state index contributed by atoms with van der Waals surface area (Å²) in [5, 5.41) is 2.86. The Morgan fingerprint density at radius 1 is 0.569 bits per heavy atom. The van der Waals surface area contributed by atoms with Crippen molar-refractivity contribution in [2.75, 3.05) is 37.9 Å². The lowest BCUT2D eigenvalue weighted by Crippen LogP contribution is -2.46. The van der Waals surface area contributed by atoms with Crippen LogP contribution in [0.3, 0.4) is 0 Å². The monoisotopic (exact) mass is 922 g/mol. The van der Waals surface area contributed by atoms with Crippen LogP contribution in [0.25, 0.3) is 11.1 Å². The number of nitrogens with one attached hydrogen (secondary N) is 1. The van der Waals surface area contributed by atoms with Gasteiger partial charge in [0.05, 0.1) is 12.7 Å². The second-order valence-corrected chi connectivity index (χ2v) is 20.9. The molecule has 0 radical (unpaired) electrons. The number of carbonyl (C=O) groups is 2. The fraction of sp³-hybridized carbons (Fsp3) is 0.754. The second kappa shape index (κ2) is 36.5. The van der Waals surface area contributed by atoms with Gasteiger partial charge in [-0.3, -0.25) is 0 Å². The topological polar surface area (TPSA) is 83.1 Å². The SMILES string of the molecule is CCCCCCCCCCCCCCCCOCC(CSCC(NC(=O)OCC1c2ccccc2-c2ccccc21)C(=O)OC(C)(C)C)OCCCCCCCCCCCCCCCC. The van der Waals surface area contributed by atoms with Crippen molar-refractivity contribution in [1.82, 2.24) is 5.32 Å². The number of unbranched alkanes of at least 4 members (excludes halogenated alkanes) is 26. The molecular weight excluding hydrogens is 827 g/mol. The fourth-order valence-corrected chi connectivity index (χ4v) is 9.99. The van der Waals surface area contributed by atoms with Crippen molar-refractivity contribution < 1.29 is 28.5 Å². The average Bonchev–Trinajstić information content (AvgIpc) is 3.61. The van der Waals surface area contributed by atoms with Crippen LogP contribution in [0.5, 0.6) is 0 Å². The summed E-state index contributed by atoms with van der Waals surface area (Å²) in [6.07, 6.45) is 36.6. The number of thioether (sulfide) groups is 1. The molecular formula is C57H95NO6S. The number of ether oxygens (including phenoxy) is 4. The quantitative estimate of drug-likeness (QED) is 0.0525. The minimum absolute atomic E-state index is 0.0651. The van der Waals surface area contributed by atoms with Gasteiger partial charge >= 0.3 is 12.1 Å². The Hall–Kier alpha value is -2.55. The van der Waals surface area contributed by atoms with E-state index in [-0.39, 0.29) is 18.6 Å². The maximum atomic E-state index is 13.5. The summed E-state index contributed by atoms with van der Waals surface area (Å²) in [7, 11) is 0. The first-order chi connectivity index (χ1) is 31.7. The van der Waals surface area contributed by atoms with Gasteiger partial charge in [0.25, 0.3) is 0 Å². The molecule has 2 unspecified atom stereocenters. The van der Waals surface area contributed by atoms with Gasteiger partial charge in [-0.25, -0.2) is 9.59 Å². The number of amides is 1. The van der Waals surface area contributed by atoms with Crippen LogP contribution in [0.1, 0.15) is 231 Å². The van der Waals surface area contributed by atoms with Gasteiger partial charge in [-0.05, 0) is 55.9 Å². The van der Waals surface area contributed by atoms with Crippen LogP contribution < -0.4 is 5.32 Å². The number of alkyl carbamates (subject to hydrolysis) is 1. The lowest BCUT2D eigenvalue weighted by atomic mass is 9.98. The number of rotatable bonds is 41. The molecule has 1 N–H and O–H groups in total. The Bertz CT molecular complexity index is 1450. The molecule has 1 amide bonds. The molecule has 2 aromatic carbocycles. The first-order valence-corrected chi connectivity index (χ1v) is 28.0. The van der Waals surface area contributed by atoms with E-state index in [9.17, 15) is 9.59 Å². The average molecular weight is 922 g/mol. The van der Waals surface area contributed by atoms with Gasteiger partial charge in [-0.15, -0.1) is 0 Å². The van der Waals surface area contributed by atoms with Gasteiger partial charge in [0.1, 0.15) is 18.2 Å². The molecule has 0 saturated carbocycles. The summed E-state index contributed by atoms with van der Waals surface area (Å²) < 4.78 is 24.3. The van der Waals surface area contributed by atoms with E-state index in [4.69, 9.17) is 18.9 Å². The zero-order chi connectivity index (χ0) is 46.6. The van der Waals surface area contributed by atoms with E-state index in [1.807, 2.05) is 45.0 Å². The summed E-state index contributed by atoms with van der Waals surface area (Å²) in [5.74, 6) is 0.469. The smallest absolute Gasteiger partial charge is 0.407 e. The maximum Gasteiger partial charge on any atom is 0.407 e. The highest BCUT2D eigenvalue weighted by molar-refractivity contribution is 7.99. The molecule has 0 heterocycles. The third kappa shape index (κ3) is 26.5. The number of esters is 1. The van der Waals surface area contributed by atoms with Crippen molar-refractivity contribution in [3.63, 3.8) is 0 Å². The van der Waals surface area contributed by atoms with Crippen LogP contribution in [0.2, 0.25) is 0 Å². The van der Waals surface area contributed by atoms with Gasteiger partial charge in [-0.2, -0.15) is 11.8 Å². The molecule has 8 heteroatoms. The lowest BCUT2D eigenvalue weighted by molar-refractivity contribution is -0.156. The predicted molar refractivity (Wildman–Crippen MR) is 276 cm³/mol. The van der Waals surface area contributed by atoms with Crippen LogP contribution in [-0.2, 0) is 23.7 Å². The van der Waals surface area contributed by atoms with Crippen molar-refractivity contribution in [2.45, 2.75) is 238 Å². The van der Waals surface area contributed by atoms with E-state index in [0.29, 0.717) is 24.7 Å².